The molecule has 0 aromatic heterocycles. The van der Waals surface area contributed by atoms with Crippen molar-refractivity contribution in [2.45, 2.75) is 9.79 Å². The molecule has 0 unspecified atom stereocenters. The lowest BCUT2D eigenvalue weighted by Gasteiger charge is -2.07. The molecule has 1 N–H and O–H groups in total. The van der Waals surface area contributed by atoms with Crippen molar-refractivity contribution in [2.75, 3.05) is 5.32 Å². The van der Waals surface area contributed by atoms with Crippen LogP contribution in [-0.2, 0) is 4.79 Å². The number of ketones is 1. The Kier molecular flexibility index (Phi) is 3.65. The van der Waals surface area contributed by atoms with Crippen molar-refractivity contribution in [3.8, 4) is 0 Å². The zero-order chi connectivity index (χ0) is 15.1. The Labute approximate surface area is 133 Å². The lowest BCUT2D eigenvalue weighted by molar-refractivity contribution is -0.112. The van der Waals surface area contributed by atoms with Crippen LogP contribution in [0.1, 0.15) is 10.4 Å². The lowest BCUT2D eigenvalue weighted by atomic mass is 10.1. The van der Waals surface area contributed by atoms with E-state index in [1.54, 1.807) is 18.2 Å². The lowest BCUT2D eigenvalue weighted by Crippen LogP contribution is -2.12. The highest BCUT2D eigenvalue weighted by Crippen LogP contribution is 2.39. The number of hydrogen-bond acceptors (Lipinski definition) is 3. The van der Waals surface area contributed by atoms with Gasteiger partial charge in [-0.3, -0.25) is 9.59 Å². The van der Waals surface area contributed by atoms with Gasteiger partial charge in [0.1, 0.15) is 5.82 Å². The summed E-state index contributed by atoms with van der Waals surface area (Å²) in [6.07, 6.45) is 0. The first-order valence-corrected chi connectivity index (χ1v) is 7.35. The summed E-state index contributed by atoms with van der Waals surface area (Å²) < 4.78 is 14.1. The summed E-state index contributed by atoms with van der Waals surface area (Å²) in [4.78, 5) is 23.6. The van der Waals surface area contributed by atoms with E-state index >= 15 is 0 Å². The number of halogens is 3. The van der Waals surface area contributed by atoms with Gasteiger partial charge in [-0.2, -0.15) is 0 Å². The Morgan fingerprint density at radius 3 is 2.57 bits per heavy atom. The summed E-state index contributed by atoms with van der Waals surface area (Å²) in [5, 5.41) is 3.31. The molecule has 0 saturated carbocycles. The van der Waals surface area contributed by atoms with E-state index in [2.05, 4.69) is 5.32 Å². The number of nitrogens with one attached hydrogen (secondary N) is 1. The highest BCUT2D eigenvalue weighted by atomic mass is 35.5. The number of Topliss-reactive ketones (excluding diaryl/α,β-unsaturated/α-hetero) is 1. The first-order chi connectivity index (χ1) is 9.95. The van der Waals surface area contributed by atoms with Crippen LogP contribution in [0.4, 0.5) is 10.1 Å². The molecule has 1 aliphatic rings. The van der Waals surface area contributed by atoms with Gasteiger partial charge in [-0.05, 0) is 30.3 Å². The predicted molar refractivity (Wildman–Crippen MR) is 79.9 cm³/mol. The number of fused-ring (bicyclic) bond motifs is 1. The molecule has 0 saturated heterocycles. The third-order valence-corrected chi connectivity index (χ3v) is 4.65. The molecule has 7 heteroatoms. The summed E-state index contributed by atoms with van der Waals surface area (Å²) >= 11 is 13.0. The molecule has 1 amide bonds. The Morgan fingerprint density at radius 2 is 1.81 bits per heavy atom. The van der Waals surface area contributed by atoms with Gasteiger partial charge in [-0.25, -0.2) is 4.39 Å². The normalized spacial score (nSPS) is 13.3. The number of anilines is 1. The molecule has 2 aromatic rings. The topological polar surface area (TPSA) is 46.2 Å². The average Bonchev–Trinajstić information content (AvgIpc) is 2.70. The van der Waals surface area contributed by atoms with E-state index in [-0.39, 0.29) is 10.5 Å². The molecular formula is C14H6Cl2FNO2S. The van der Waals surface area contributed by atoms with Crippen LogP contribution in [0, 0.1) is 5.82 Å². The minimum absolute atomic E-state index is 0.0408. The molecular weight excluding hydrogens is 336 g/mol. The molecule has 1 heterocycles. The third kappa shape index (κ3) is 2.64. The van der Waals surface area contributed by atoms with Gasteiger partial charge in [0.15, 0.2) is 0 Å². The van der Waals surface area contributed by atoms with E-state index in [4.69, 9.17) is 23.2 Å². The molecule has 3 rings (SSSR count). The van der Waals surface area contributed by atoms with Crippen molar-refractivity contribution >= 4 is 52.3 Å². The largest absolute Gasteiger partial charge is 0.318 e. The first-order valence-electron chi connectivity index (χ1n) is 5.78. The third-order valence-electron chi connectivity index (χ3n) is 2.88. The number of benzene rings is 2. The van der Waals surface area contributed by atoms with Crippen LogP contribution in [0.3, 0.4) is 0 Å². The van der Waals surface area contributed by atoms with Gasteiger partial charge in [0.05, 0.1) is 21.2 Å². The highest BCUT2D eigenvalue weighted by molar-refractivity contribution is 7.99. The number of carbonyl (C=O) groups excluding carboxylic acids is 2. The maximum absolute atomic E-state index is 14.1. The summed E-state index contributed by atoms with van der Waals surface area (Å²) in [7, 11) is 0. The molecule has 0 radical (unpaired) electrons. The van der Waals surface area contributed by atoms with Crippen LogP contribution < -0.4 is 5.32 Å². The number of carbonyl (C=O) groups is 2. The molecule has 0 atom stereocenters. The van der Waals surface area contributed by atoms with Crippen molar-refractivity contribution in [3.05, 3.63) is 51.8 Å². The van der Waals surface area contributed by atoms with E-state index in [9.17, 15) is 14.0 Å². The number of hydrogen-bond donors (Lipinski definition) is 1. The molecule has 1 aliphatic heterocycles. The van der Waals surface area contributed by atoms with Crippen LogP contribution in [-0.4, -0.2) is 11.7 Å². The van der Waals surface area contributed by atoms with Crippen molar-refractivity contribution in [1.29, 1.82) is 0 Å². The van der Waals surface area contributed by atoms with E-state index < -0.39 is 17.5 Å². The second-order valence-electron chi connectivity index (χ2n) is 4.29. The maximum atomic E-state index is 14.1. The fourth-order valence-electron chi connectivity index (χ4n) is 1.90. The van der Waals surface area contributed by atoms with E-state index in [0.29, 0.717) is 20.6 Å². The molecule has 0 spiro atoms. The Morgan fingerprint density at radius 1 is 1.05 bits per heavy atom. The van der Waals surface area contributed by atoms with Crippen molar-refractivity contribution in [2.24, 2.45) is 0 Å². The van der Waals surface area contributed by atoms with Crippen LogP contribution in [0.15, 0.2) is 40.1 Å². The molecule has 0 bridgehead atoms. The molecule has 106 valence electrons. The molecule has 2 aromatic carbocycles. The van der Waals surface area contributed by atoms with Crippen LogP contribution in [0.2, 0.25) is 10.0 Å². The molecule has 0 aliphatic carbocycles. The first kappa shape index (κ1) is 14.4. The maximum Gasteiger partial charge on any atom is 0.296 e. The van der Waals surface area contributed by atoms with Crippen LogP contribution in [0.25, 0.3) is 0 Å². The van der Waals surface area contributed by atoms with Gasteiger partial charge in [0, 0.05) is 9.92 Å². The Hall–Kier alpha value is -1.56. The standard InChI is InChI=1S/C14H6Cl2FNO2S/c15-6-1-2-8(16)11(3-6)21-12-5-10-7(4-9(12)17)13(19)14(20)18-10/h1-5H,(H,18,19,20). The van der Waals surface area contributed by atoms with Gasteiger partial charge < -0.3 is 5.32 Å². The van der Waals surface area contributed by atoms with Crippen molar-refractivity contribution in [1.82, 2.24) is 0 Å². The minimum atomic E-state index is -0.757. The number of rotatable bonds is 2. The van der Waals surface area contributed by atoms with Gasteiger partial charge in [0.25, 0.3) is 11.7 Å². The Balaban J connectivity index is 2.01. The van der Waals surface area contributed by atoms with Crippen molar-refractivity contribution in [3.63, 3.8) is 0 Å². The zero-order valence-corrected chi connectivity index (χ0v) is 12.6. The van der Waals surface area contributed by atoms with Gasteiger partial charge in [0.2, 0.25) is 0 Å². The summed E-state index contributed by atoms with van der Waals surface area (Å²) in [6, 6.07) is 7.32. The number of amides is 1. The van der Waals surface area contributed by atoms with E-state index in [1.165, 1.54) is 6.07 Å². The Bertz CT molecular complexity index is 795. The molecule has 0 fully saturated rings. The zero-order valence-electron chi connectivity index (χ0n) is 10.2. The summed E-state index contributed by atoms with van der Waals surface area (Å²) in [5.41, 5.74) is 0.339. The molecule has 3 nitrogen and oxygen atoms in total. The second-order valence-corrected chi connectivity index (χ2v) is 6.22. The SMILES string of the molecule is O=C1Nc2cc(Sc3cc(Cl)ccc3Cl)c(F)cc2C1=O. The summed E-state index contributed by atoms with van der Waals surface area (Å²) in [6.45, 7) is 0. The van der Waals surface area contributed by atoms with Crippen LogP contribution >= 0.6 is 35.0 Å². The smallest absolute Gasteiger partial charge is 0.296 e. The minimum Gasteiger partial charge on any atom is -0.318 e. The molecule has 21 heavy (non-hydrogen) atoms. The average molecular weight is 342 g/mol. The van der Waals surface area contributed by atoms with Gasteiger partial charge in [-0.15, -0.1) is 0 Å². The highest BCUT2D eigenvalue weighted by Gasteiger charge is 2.29. The fraction of sp³-hybridized carbons (Fsp3) is 0. The summed E-state index contributed by atoms with van der Waals surface area (Å²) in [5.74, 6) is -2.09. The van der Waals surface area contributed by atoms with Crippen LogP contribution in [0.5, 0.6) is 0 Å². The predicted octanol–water partition coefficient (Wildman–Crippen LogP) is 4.42. The van der Waals surface area contributed by atoms with Gasteiger partial charge >= 0.3 is 0 Å². The quantitative estimate of drug-likeness (QED) is 0.822. The van der Waals surface area contributed by atoms with Crippen molar-refractivity contribution < 1.29 is 14.0 Å². The monoisotopic (exact) mass is 341 g/mol. The van der Waals surface area contributed by atoms with Gasteiger partial charge in [-0.1, -0.05) is 35.0 Å². The second kappa shape index (κ2) is 5.33. The van der Waals surface area contributed by atoms with E-state index in [1.807, 2.05) is 0 Å². The van der Waals surface area contributed by atoms with E-state index in [0.717, 1.165) is 17.8 Å². The fourth-order valence-corrected chi connectivity index (χ4v) is 3.29.